The number of halogens is 2. The first-order valence-electron chi connectivity index (χ1n) is 10.4. The van der Waals surface area contributed by atoms with E-state index < -0.39 is 29.9 Å². The number of nitrogens with one attached hydrogen (secondary N) is 2. The standard InChI is InChI=1S/C24H18I2N2O6S3/c25-17-7-11-19(12-8-17)27-36(31,32)23-5-1-3-21(15-23)35(29,30)22-4-2-6-24(16-22)37(33,34)28-20-13-9-18(26)10-14-20/h1-16,27-28H. The summed E-state index contributed by atoms with van der Waals surface area (Å²) in [7, 11) is -12.4. The lowest BCUT2D eigenvalue weighted by Crippen LogP contribution is -2.15. The summed E-state index contributed by atoms with van der Waals surface area (Å²) in [4.78, 5) is -1.09. The monoisotopic (exact) mass is 780 g/mol. The van der Waals surface area contributed by atoms with Gasteiger partial charge in [-0.15, -0.1) is 0 Å². The van der Waals surface area contributed by atoms with Crippen LogP contribution in [0, 0.1) is 7.14 Å². The molecule has 0 fully saturated rings. The SMILES string of the molecule is O=S(=O)(Nc1ccc(I)cc1)c1cccc(S(=O)(=O)c2cccc(S(=O)(=O)Nc3ccc(I)cc3)c2)c1. The van der Waals surface area contributed by atoms with Crippen molar-refractivity contribution in [1.29, 1.82) is 0 Å². The third-order valence-electron chi connectivity index (χ3n) is 5.05. The van der Waals surface area contributed by atoms with E-state index in [9.17, 15) is 25.3 Å². The molecule has 2 N–H and O–H groups in total. The van der Waals surface area contributed by atoms with Crippen molar-refractivity contribution in [2.24, 2.45) is 0 Å². The molecule has 0 unspecified atom stereocenters. The smallest absolute Gasteiger partial charge is 0.261 e. The number of hydrogen-bond acceptors (Lipinski definition) is 6. The average molecular weight is 780 g/mol. The summed E-state index contributed by atoms with van der Waals surface area (Å²) >= 11 is 4.18. The van der Waals surface area contributed by atoms with Gasteiger partial charge < -0.3 is 0 Å². The Hall–Kier alpha value is -2.21. The summed E-state index contributed by atoms with van der Waals surface area (Å²) < 4.78 is 84.9. The largest absolute Gasteiger partial charge is 0.280 e. The van der Waals surface area contributed by atoms with E-state index in [2.05, 4.69) is 54.6 Å². The van der Waals surface area contributed by atoms with Crippen LogP contribution < -0.4 is 9.44 Å². The number of benzene rings is 4. The number of sulfone groups is 1. The summed E-state index contributed by atoms with van der Waals surface area (Å²) in [6, 6.07) is 23.1. The zero-order chi connectivity index (χ0) is 26.8. The van der Waals surface area contributed by atoms with Crippen molar-refractivity contribution in [1.82, 2.24) is 0 Å². The summed E-state index contributed by atoms with van der Waals surface area (Å²) in [6.45, 7) is 0. The Bertz CT molecular complexity index is 1650. The molecule has 192 valence electrons. The van der Waals surface area contributed by atoms with E-state index in [-0.39, 0.29) is 19.6 Å². The zero-order valence-corrected chi connectivity index (χ0v) is 25.4. The van der Waals surface area contributed by atoms with Gasteiger partial charge in [0.1, 0.15) is 0 Å². The Morgan fingerprint density at radius 2 is 0.784 bits per heavy atom. The lowest BCUT2D eigenvalue weighted by Gasteiger charge is -2.12. The van der Waals surface area contributed by atoms with E-state index in [1.54, 1.807) is 48.5 Å². The molecule has 0 atom stereocenters. The maximum absolute atomic E-state index is 13.4. The highest BCUT2D eigenvalue weighted by Gasteiger charge is 2.24. The Kier molecular flexibility index (Phi) is 8.18. The maximum atomic E-state index is 13.4. The molecule has 0 radical (unpaired) electrons. The maximum Gasteiger partial charge on any atom is 0.261 e. The molecule has 0 amide bonds. The van der Waals surface area contributed by atoms with Gasteiger partial charge >= 0.3 is 0 Å². The molecule has 4 aromatic carbocycles. The topological polar surface area (TPSA) is 126 Å². The van der Waals surface area contributed by atoms with Gasteiger partial charge in [-0.1, -0.05) is 12.1 Å². The van der Waals surface area contributed by atoms with E-state index in [4.69, 9.17) is 0 Å². The van der Waals surface area contributed by atoms with Gasteiger partial charge in [-0.25, -0.2) is 25.3 Å². The van der Waals surface area contributed by atoms with E-state index in [1.165, 1.54) is 36.4 Å². The van der Waals surface area contributed by atoms with Crippen LogP contribution in [-0.4, -0.2) is 25.3 Å². The van der Waals surface area contributed by atoms with Gasteiger partial charge in [0.25, 0.3) is 20.0 Å². The highest BCUT2D eigenvalue weighted by Crippen LogP contribution is 2.27. The molecule has 8 nitrogen and oxygen atoms in total. The quantitative estimate of drug-likeness (QED) is 0.233. The first-order valence-corrected chi connectivity index (χ1v) is 17.0. The molecule has 0 saturated heterocycles. The van der Waals surface area contributed by atoms with Crippen molar-refractivity contribution < 1.29 is 25.3 Å². The fraction of sp³-hybridized carbons (Fsp3) is 0. The first-order chi connectivity index (χ1) is 17.4. The molecule has 0 aliphatic carbocycles. The minimum atomic E-state index is -4.25. The van der Waals surface area contributed by atoms with Crippen LogP contribution in [0.1, 0.15) is 0 Å². The molecule has 0 heterocycles. The van der Waals surface area contributed by atoms with Crippen LogP contribution in [-0.2, 0) is 29.9 Å². The van der Waals surface area contributed by atoms with Gasteiger partial charge in [0.2, 0.25) is 9.84 Å². The normalized spacial score (nSPS) is 12.2. The Morgan fingerprint density at radius 1 is 0.459 bits per heavy atom. The van der Waals surface area contributed by atoms with Gasteiger partial charge in [-0.2, -0.15) is 0 Å². The molecule has 37 heavy (non-hydrogen) atoms. The van der Waals surface area contributed by atoms with Crippen molar-refractivity contribution >= 4 is 86.4 Å². The molecular formula is C24H18I2N2O6S3. The van der Waals surface area contributed by atoms with Crippen molar-refractivity contribution in [2.75, 3.05) is 9.44 Å². The molecule has 4 rings (SSSR count). The van der Waals surface area contributed by atoms with Crippen LogP contribution in [0.2, 0.25) is 0 Å². The molecule has 0 aliphatic rings. The van der Waals surface area contributed by atoms with Crippen molar-refractivity contribution in [3.05, 3.63) is 104 Å². The molecule has 0 spiro atoms. The van der Waals surface area contributed by atoms with E-state index >= 15 is 0 Å². The van der Waals surface area contributed by atoms with E-state index in [0.29, 0.717) is 11.4 Å². The van der Waals surface area contributed by atoms with Gasteiger partial charge in [0.05, 0.1) is 19.6 Å². The third-order valence-corrected chi connectivity index (χ3v) is 11.0. The fourth-order valence-electron chi connectivity index (χ4n) is 3.22. The molecule has 0 aliphatic heterocycles. The highest BCUT2D eigenvalue weighted by atomic mass is 127. The second-order valence-electron chi connectivity index (χ2n) is 7.68. The van der Waals surface area contributed by atoms with Crippen LogP contribution in [0.4, 0.5) is 11.4 Å². The number of anilines is 2. The van der Waals surface area contributed by atoms with Crippen molar-refractivity contribution in [3.8, 4) is 0 Å². The lowest BCUT2D eigenvalue weighted by atomic mass is 10.3. The van der Waals surface area contributed by atoms with Crippen molar-refractivity contribution in [2.45, 2.75) is 19.6 Å². The highest BCUT2D eigenvalue weighted by molar-refractivity contribution is 14.1. The number of hydrogen-bond donors (Lipinski definition) is 2. The summed E-state index contributed by atoms with van der Waals surface area (Å²) in [5, 5.41) is 0. The Labute approximate surface area is 242 Å². The molecule has 4 aromatic rings. The first kappa shape index (κ1) is 27.8. The predicted molar refractivity (Wildman–Crippen MR) is 158 cm³/mol. The van der Waals surface area contributed by atoms with Crippen molar-refractivity contribution in [3.63, 3.8) is 0 Å². The van der Waals surface area contributed by atoms with Crippen LogP contribution >= 0.6 is 45.2 Å². The van der Waals surface area contributed by atoms with E-state index in [1.807, 2.05) is 0 Å². The van der Waals surface area contributed by atoms with Gasteiger partial charge in [-0.05, 0) is 130 Å². The van der Waals surface area contributed by atoms with Gasteiger partial charge in [0.15, 0.2) is 0 Å². The zero-order valence-electron chi connectivity index (χ0n) is 18.7. The van der Waals surface area contributed by atoms with Crippen LogP contribution in [0.5, 0.6) is 0 Å². The van der Waals surface area contributed by atoms with Crippen LogP contribution in [0.3, 0.4) is 0 Å². The van der Waals surface area contributed by atoms with Gasteiger partial charge in [0, 0.05) is 18.5 Å². The summed E-state index contributed by atoms with van der Waals surface area (Å²) in [5.74, 6) is 0. The van der Waals surface area contributed by atoms with Crippen LogP contribution in [0.25, 0.3) is 0 Å². The molecule has 0 aromatic heterocycles. The van der Waals surface area contributed by atoms with Crippen LogP contribution in [0.15, 0.2) is 117 Å². The molecule has 0 bridgehead atoms. The Morgan fingerprint density at radius 3 is 1.14 bits per heavy atom. The molecule has 0 saturated carbocycles. The Balaban J connectivity index is 1.65. The summed E-state index contributed by atoms with van der Waals surface area (Å²) in [5.41, 5.74) is 0.652. The number of rotatable bonds is 8. The molecular weight excluding hydrogens is 762 g/mol. The second-order valence-corrected chi connectivity index (χ2v) is 15.5. The molecule has 13 heteroatoms. The minimum Gasteiger partial charge on any atom is -0.280 e. The number of sulfonamides is 2. The third kappa shape index (κ3) is 6.63. The second kappa shape index (κ2) is 10.9. The summed E-state index contributed by atoms with van der Waals surface area (Å²) in [6.07, 6.45) is 0. The van der Waals surface area contributed by atoms with E-state index in [0.717, 1.165) is 19.3 Å². The fourth-order valence-corrected chi connectivity index (χ4v) is 7.65. The lowest BCUT2D eigenvalue weighted by molar-refractivity contribution is 0.595. The average Bonchev–Trinajstić information content (AvgIpc) is 2.87. The van der Waals surface area contributed by atoms with Gasteiger partial charge in [-0.3, -0.25) is 9.44 Å². The minimum absolute atomic E-state index is 0.253. The predicted octanol–water partition coefficient (Wildman–Crippen LogP) is 5.33.